The highest BCUT2D eigenvalue weighted by atomic mass is 16.5. The lowest BCUT2D eigenvalue weighted by Gasteiger charge is -2.36. The minimum Gasteiger partial charge on any atom is -0.489 e. The fourth-order valence-corrected chi connectivity index (χ4v) is 4.34. The van der Waals surface area contributed by atoms with Crippen LogP contribution < -0.4 is 9.64 Å². The van der Waals surface area contributed by atoms with Gasteiger partial charge in [0, 0.05) is 31.9 Å². The van der Waals surface area contributed by atoms with Gasteiger partial charge in [-0.25, -0.2) is 4.79 Å². The van der Waals surface area contributed by atoms with Crippen molar-refractivity contribution in [2.24, 2.45) is 0 Å². The van der Waals surface area contributed by atoms with Crippen LogP contribution >= 0.6 is 0 Å². The van der Waals surface area contributed by atoms with Gasteiger partial charge in [-0.05, 0) is 65.6 Å². The second-order valence-electron chi connectivity index (χ2n) is 8.94. The highest BCUT2D eigenvalue weighted by molar-refractivity contribution is 6.01. The third-order valence-electron chi connectivity index (χ3n) is 6.39. The Kier molecular flexibility index (Phi) is 8.57. The second kappa shape index (κ2) is 12.4. The lowest BCUT2D eigenvalue weighted by atomic mass is 10.0. The Morgan fingerprint density at radius 1 is 1.00 bits per heavy atom. The molecule has 1 amide bonds. The lowest BCUT2D eigenvalue weighted by Crippen LogP contribution is -2.49. The number of ether oxygens (including phenoxy) is 1. The van der Waals surface area contributed by atoms with Gasteiger partial charge in [0.1, 0.15) is 24.0 Å². The molecule has 3 aromatic carbocycles. The molecule has 0 saturated carbocycles. The van der Waals surface area contributed by atoms with Gasteiger partial charge in [-0.3, -0.25) is 4.79 Å². The van der Waals surface area contributed by atoms with Crippen LogP contribution in [-0.2, 0) is 17.8 Å². The van der Waals surface area contributed by atoms with Crippen molar-refractivity contribution in [2.45, 2.75) is 13.0 Å². The van der Waals surface area contributed by atoms with Crippen molar-refractivity contribution in [3.8, 4) is 11.8 Å². The van der Waals surface area contributed by atoms with E-state index in [9.17, 15) is 14.9 Å². The number of carbonyl (C=O) groups excluding carboxylic acids is 1. The second-order valence-corrected chi connectivity index (χ2v) is 8.94. The van der Waals surface area contributed by atoms with Gasteiger partial charge < -0.3 is 19.6 Å². The standard InChI is InChI=1S/C31H29N3O4/c1-2-6-26-19-24(11-14-29(26)38-22-23-9-12-25(13-10-23)31(36)37)20-27(21-32)30(35)34-17-15-33(16-18-34)28-7-4-3-5-8-28/h2-5,7-14,19-20H,1,6,15-18,22H2,(H,36,37)/b27-20-. The summed E-state index contributed by atoms with van der Waals surface area (Å²) in [4.78, 5) is 28.1. The molecular weight excluding hydrogens is 478 g/mol. The van der Waals surface area contributed by atoms with Gasteiger partial charge in [0.2, 0.25) is 0 Å². The third kappa shape index (κ3) is 6.48. The summed E-state index contributed by atoms with van der Waals surface area (Å²) in [7, 11) is 0. The molecule has 0 radical (unpaired) electrons. The number of benzene rings is 3. The number of aromatic carboxylic acids is 1. The summed E-state index contributed by atoms with van der Waals surface area (Å²) in [5.74, 6) is -0.583. The summed E-state index contributed by atoms with van der Waals surface area (Å²) in [5.41, 5.74) is 3.89. The summed E-state index contributed by atoms with van der Waals surface area (Å²) in [5, 5.41) is 18.8. The monoisotopic (exact) mass is 507 g/mol. The molecule has 0 aromatic heterocycles. The molecule has 1 saturated heterocycles. The minimum atomic E-state index is -0.973. The first-order valence-corrected chi connectivity index (χ1v) is 12.4. The summed E-state index contributed by atoms with van der Waals surface area (Å²) in [6.07, 6.45) is 3.93. The molecule has 192 valence electrons. The molecule has 1 fully saturated rings. The fraction of sp³-hybridized carbons (Fsp3) is 0.194. The molecule has 0 unspecified atom stereocenters. The van der Waals surface area contributed by atoms with Crippen LogP contribution in [-0.4, -0.2) is 48.1 Å². The van der Waals surface area contributed by atoms with Crippen LogP contribution in [0.25, 0.3) is 6.08 Å². The number of para-hydroxylation sites is 1. The summed E-state index contributed by atoms with van der Waals surface area (Å²) in [6.45, 7) is 6.62. The molecule has 1 aliphatic heterocycles. The van der Waals surface area contributed by atoms with E-state index in [4.69, 9.17) is 9.84 Å². The van der Waals surface area contributed by atoms with Crippen molar-refractivity contribution < 1.29 is 19.4 Å². The van der Waals surface area contributed by atoms with Gasteiger partial charge in [0.15, 0.2) is 0 Å². The van der Waals surface area contributed by atoms with Crippen LogP contribution in [0.15, 0.2) is 91.0 Å². The Labute approximate surface area is 222 Å². The number of carboxylic acid groups (broad SMARTS) is 1. The first-order chi connectivity index (χ1) is 18.5. The van der Waals surface area contributed by atoms with Crippen LogP contribution in [0.3, 0.4) is 0 Å². The molecule has 0 spiro atoms. The number of hydrogen-bond donors (Lipinski definition) is 1. The Morgan fingerprint density at radius 3 is 2.34 bits per heavy atom. The average Bonchev–Trinajstić information content (AvgIpc) is 2.96. The summed E-state index contributed by atoms with van der Waals surface area (Å²) in [6, 6.07) is 24.2. The van der Waals surface area contributed by atoms with Crippen molar-refractivity contribution in [2.75, 3.05) is 31.1 Å². The average molecular weight is 508 g/mol. The SMILES string of the molecule is C=CCc1cc(/C=C(/C#N)C(=O)N2CCN(c3ccccc3)CC2)ccc1OCc1ccc(C(=O)O)cc1. The Balaban J connectivity index is 1.43. The number of amides is 1. The zero-order chi connectivity index (χ0) is 26.9. The third-order valence-corrected chi connectivity index (χ3v) is 6.39. The van der Waals surface area contributed by atoms with Crippen LogP contribution in [0, 0.1) is 11.3 Å². The van der Waals surface area contributed by atoms with Crippen molar-refractivity contribution in [3.63, 3.8) is 0 Å². The van der Waals surface area contributed by atoms with Gasteiger partial charge in [0.25, 0.3) is 5.91 Å². The normalized spacial score (nSPS) is 13.5. The van der Waals surface area contributed by atoms with Gasteiger partial charge >= 0.3 is 5.97 Å². The molecule has 0 aliphatic carbocycles. The molecule has 3 aromatic rings. The van der Waals surface area contributed by atoms with Crippen LogP contribution in [0.1, 0.15) is 27.0 Å². The lowest BCUT2D eigenvalue weighted by molar-refractivity contribution is -0.126. The van der Waals surface area contributed by atoms with Gasteiger partial charge in [-0.2, -0.15) is 5.26 Å². The Hall–Kier alpha value is -4.83. The van der Waals surface area contributed by atoms with E-state index >= 15 is 0 Å². The van der Waals surface area contributed by atoms with Crippen LogP contribution in [0.4, 0.5) is 5.69 Å². The van der Waals surface area contributed by atoms with Gasteiger partial charge in [-0.1, -0.05) is 42.5 Å². The number of anilines is 1. The summed E-state index contributed by atoms with van der Waals surface area (Å²) >= 11 is 0. The molecule has 7 nitrogen and oxygen atoms in total. The maximum Gasteiger partial charge on any atom is 0.335 e. The minimum absolute atomic E-state index is 0.0925. The van der Waals surface area contributed by atoms with E-state index in [1.54, 1.807) is 41.3 Å². The van der Waals surface area contributed by atoms with E-state index in [1.165, 1.54) is 0 Å². The molecular formula is C31H29N3O4. The number of nitriles is 1. The fourth-order valence-electron chi connectivity index (χ4n) is 4.34. The predicted octanol–water partition coefficient (Wildman–Crippen LogP) is 4.95. The number of carbonyl (C=O) groups is 2. The van der Waals surface area contributed by atoms with E-state index in [2.05, 4.69) is 29.7 Å². The topological polar surface area (TPSA) is 93.9 Å². The van der Waals surface area contributed by atoms with Crippen molar-refractivity contribution in [1.29, 1.82) is 5.26 Å². The van der Waals surface area contributed by atoms with Gasteiger partial charge in [-0.15, -0.1) is 6.58 Å². The van der Waals surface area contributed by atoms with Gasteiger partial charge in [0.05, 0.1) is 5.56 Å². The molecule has 4 rings (SSSR count). The predicted molar refractivity (Wildman–Crippen MR) is 147 cm³/mol. The number of hydrogen-bond acceptors (Lipinski definition) is 5. The number of rotatable bonds is 9. The van der Waals surface area contributed by atoms with E-state index in [1.807, 2.05) is 36.4 Å². The maximum absolute atomic E-state index is 13.1. The highest BCUT2D eigenvalue weighted by Gasteiger charge is 2.24. The smallest absolute Gasteiger partial charge is 0.335 e. The summed E-state index contributed by atoms with van der Waals surface area (Å²) < 4.78 is 5.99. The van der Waals surface area contributed by atoms with Crippen molar-refractivity contribution in [1.82, 2.24) is 4.90 Å². The zero-order valence-corrected chi connectivity index (χ0v) is 21.0. The zero-order valence-electron chi connectivity index (χ0n) is 21.0. The molecule has 38 heavy (non-hydrogen) atoms. The molecule has 7 heteroatoms. The number of piperazine rings is 1. The molecule has 0 atom stereocenters. The molecule has 1 aliphatic rings. The quantitative estimate of drug-likeness (QED) is 0.250. The van der Waals surface area contributed by atoms with E-state index in [0.29, 0.717) is 38.3 Å². The first-order valence-electron chi connectivity index (χ1n) is 12.4. The first kappa shape index (κ1) is 26.2. The van der Waals surface area contributed by atoms with E-state index in [-0.39, 0.29) is 23.7 Å². The Morgan fingerprint density at radius 2 is 1.71 bits per heavy atom. The van der Waals surface area contributed by atoms with E-state index < -0.39 is 5.97 Å². The van der Waals surface area contributed by atoms with Crippen molar-refractivity contribution >= 4 is 23.6 Å². The molecule has 0 bridgehead atoms. The molecule has 1 N–H and O–H groups in total. The molecule has 1 heterocycles. The van der Waals surface area contributed by atoms with Crippen LogP contribution in [0.2, 0.25) is 0 Å². The highest BCUT2D eigenvalue weighted by Crippen LogP contribution is 2.24. The van der Waals surface area contributed by atoms with Crippen molar-refractivity contribution in [3.05, 3.63) is 113 Å². The Bertz CT molecular complexity index is 1370. The van der Waals surface area contributed by atoms with E-state index in [0.717, 1.165) is 22.4 Å². The number of nitrogens with zero attached hydrogens (tertiary/aromatic N) is 3. The largest absolute Gasteiger partial charge is 0.489 e. The number of carboxylic acids is 1. The maximum atomic E-state index is 13.1. The van der Waals surface area contributed by atoms with Crippen LogP contribution in [0.5, 0.6) is 5.75 Å². The number of allylic oxidation sites excluding steroid dienone is 1.